The van der Waals surface area contributed by atoms with Crippen molar-refractivity contribution in [1.82, 2.24) is 20.3 Å². The van der Waals surface area contributed by atoms with Gasteiger partial charge in [0.2, 0.25) is 0 Å². The van der Waals surface area contributed by atoms with Crippen LogP contribution < -0.4 is 5.32 Å². The van der Waals surface area contributed by atoms with Crippen LogP contribution in [-0.4, -0.2) is 51.4 Å². The van der Waals surface area contributed by atoms with Gasteiger partial charge in [0.1, 0.15) is 0 Å². The molecule has 2 N–H and O–H groups in total. The summed E-state index contributed by atoms with van der Waals surface area (Å²) in [5, 5.41) is 21.2. The van der Waals surface area contributed by atoms with Gasteiger partial charge in [0.05, 0.1) is 18.8 Å². The first-order valence-electron chi connectivity index (χ1n) is 8.68. The SMILES string of the molecule is O=C(N[C@@H]1C[C@@H](O)C12CCOCC2)c1ccccc1Cn1ccnn1. The lowest BCUT2D eigenvalue weighted by Gasteiger charge is -2.55. The summed E-state index contributed by atoms with van der Waals surface area (Å²) < 4.78 is 7.12. The number of aliphatic hydroxyl groups is 1. The normalized spacial score (nSPS) is 24.7. The Labute approximate surface area is 146 Å². The van der Waals surface area contributed by atoms with Crippen molar-refractivity contribution in [2.45, 2.75) is 38.0 Å². The number of ether oxygens (including phenoxy) is 1. The van der Waals surface area contributed by atoms with Gasteiger partial charge in [0, 0.05) is 36.4 Å². The lowest BCUT2D eigenvalue weighted by atomic mass is 9.58. The molecule has 0 bridgehead atoms. The molecule has 2 atom stereocenters. The van der Waals surface area contributed by atoms with E-state index in [0.717, 1.165) is 18.4 Å². The van der Waals surface area contributed by atoms with E-state index in [-0.39, 0.29) is 23.5 Å². The second-order valence-corrected chi connectivity index (χ2v) is 6.88. The fourth-order valence-electron chi connectivity index (χ4n) is 4.01. The van der Waals surface area contributed by atoms with Gasteiger partial charge in [0.25, 0.3) is 5.91 Å². The standard InChI is InChI=1S/C18H22N4O3/c23-16-11-15(18(16)5-9-25-10-6-18)20-17(24)14-4-2-1-3-13(14)12-22-8-7-19-21-22/h1-4,7-8,15-16,23H,5-6,9-12H2,(H,20,24)/t15-,16-/m1/s1. The lowest BCUT2D eigenvalue weighted by Crippen LogP contribution is -2.65. The van der Waals surface area contributed by atoms with Crippen molar-refractivity contribution in [2.75, 3.05) is 13.2 Å². The van der Waals surface area contributed by atoms with Gasteiger partial charge < -0.3 is 15.2 Å². The molecule has 1 spiro atoms. The third-order valence-electron chi connectivity index (χ3n) is 5.61. The predicted octanol–water partition coefficient (Wildman–Crippen LogP) is 0.986. The number of amides is 1. The molecule has 1 saturated heterocycles. The summed E-state index contributed by atoms with van der Waals surface area (Å²) in [6.07, 6.45) is 5.23. The van der Waals surface area contributed by atoms with E-state index >= 15 is 0 Å². The highest BCUT2D eigenvalue weighted by atomic mass is 16.5. The summed E-state index contributed by atoms with van der Waals surface area (Å²) in [7, 11) is 0. The van der Waals surface area contributed by atoms with Crippen LogP contribution in [0.15, 0.2) is 36.7 Å². The van der Waals surface area contributed by atoms with E-state index < -0.39 is 0 Å². The minimum absolute atomic E-state index is 0.00155. The van der Waals surface area contributed by atoms with Crippen molar-refractivity contribution < 1.29 is 14.6 Å². The molecule has 2 fully saturated rings. The number of benzene rings is 1. The van der Waals surface area contributed by atoms with Crippen LogP contribution >= 0.6 is 0 Å². The van der Waals surface area contributed by atoms with E-state index in [1.165, 1.54) is 0 Å². The summed E-state index contributed by atoms with van der Waals surface area (Å²) in [6.45, 7) is 1.79. The Morgan fingerprint density at radius 1 is 1.36 bits per heavy atom. The van der Waals surface area contributed by atoms with Crippen molar-refractivity contribution in [3.63, 3.8) is 0 Å². The molecular weight excluding hydrogens is 320 g/mol. The number of rotatable bonds is 4. The largest absolute Gasteiger partial charge is 0.392 e. The van der Waals surface area contributed by atoms with Gasteiger partial charge in [-0.05, 0) is 30.9 Å². The second-order valence-electron chi connectivity index (χ2n) is 6.88. The van der Waals surface area contributed by atoms with Crippen molar-refractivity contribution in [2.24, 2.45) is 5.41 Å². The van der Waals surface area contributed by atoms with Crippen LogP contribution in [0.1, 0.15) is 35.2 Å². The number of hydrogen-bond acceptors (Lipinski definition) is 5. The summed E-state index contributed by atoms with van der Waals surface area (Å²) in [5.74, 6) is -0.0986. The average molecular weight is 342 g/mol. The van der Waals surface area contributed by atoms with E-state index in [9.17, 15) is 9.90 Å². The number of nitrogens with zero attached hydrogens (tertiary/aromatic N) is 3. The maximum Gasteiger partial charge on any atom is 0.251 e. The Morgan fingerprint density at radius 3 is 2.88 bits per heavy atom. The highest BCUT2D eigenvalue weighted by Gasteiger charge is 2.55. The molecule has 1 aromatic heterocycles. The third-order valence-corrected chi connectivity index (χ3v) is 5.61. The molecule has 1 amide bonds. The number of aromatic nitrogens is 3. The van der Waals surface area contributed by atoms with Crippen molar-refractivity contribution in [1.29, 1.82) is 0 Å². The van der Waals surface area contributed by atoms with Crippen LogP contribution in [0.2, 0.25) is 0 Å². The Hall–Kier alpha value is -2.25. The zero-order valence-electron chi connectivity index (χ0n) is 14.0. The van der Waals surface area contributed by atoms with Crippen LogP contribution in [0.25, 0.3) is 0 Å². The fourth-order valence-corrected chi connectivity index (χ4v) is 4.01. The van der Waals surface area contributed by atoms with Crippen LogP contribution in [0, 0.1) is 5.41 Å². The van der Waals surface area contributed by atoms with Crippen molar-refractivity contribution >= 4 is 5.91 Å². The summed E-state index contributed by atoms with van der Waals surface area (Å²) in [4.78, 5) is 12.9. The van der Waals surface area contributed by atoms with Gasteiger partial charge in [-0.3, -0.25) is 4.79 Å². The molecule has 1 aromatic carbocycles. The number of aliphatic hydroxyl groups excluding tert-OH is 1. The van der Waals surface area contributed by atoms with E-state index in [1.54, 1.807) is 17.1 Å². The van der Waals surface area contributed by atoms with Crippen molar-refractivity contribution in [3.05, 3.63) is 47.8 Å². The number of carbonyl (C=O) groups excluding carboxylic acids is 1. The first kappa shape index (κ1) is 16.2. The summed E-state index contributed by atoms with van der Waals surface area (Å²) in [5.41, 5.74) is 1.31. The molecule has 0 unspecified atom stereocenters. The summed E-state index contributed by atoms with van der Waals surface area (Å²) >= 11 is 0. The molecule has 25 heavy (non-hydrogen) atoms. The van der Waals surface area contributed by atoms with Gasteiger partial charge in [-0.1, -0.05) is 23.4 Å². The molecule has 1 aliphatic heterocycles. The number of nitrogens with one attached hydrogen (secondary N) is 1. The maximum atomic E-state index is 12.9. The van der Waals surface area contributed by atoms with Gasteiger partial charge >= 0.3 is 0 Å². The highest BCUT2D eigenvalue weighted by Crippen LogP contribution is 2.49. The molecule has 0 radical (unpaired) electrons. The monoisotopic (exact) mass is 342 g/mol. The van der Waals surface area contributed by atoms with Crippen LogP contribution in [-0.2, 0) is 11.3 Å². The Kier molecular flexibility index (Phi) is 4.27. The second kappa shape index (κ2) is 6.57. The van der Waals surface area contributed by atoms with E-state index in [2.05, 4.69) is 15.6 Å². The Balaban J connectivity index is 1.50. The minimum Gasteiger partial charge on any atom is -0.392 e. The first-order valence-corrected chi connectivity index (χ1v) is 8.68. The molecule has 1 aliphatic carbocycles. The average Bonchev–Trinajstić information content (AvgIpc) is 3.15. The van der Waals surface area contributed by atoms with Crippen LogP contribution in [0.5, 0.6) is 0 Å². The van der Waals surface area contributed by atoms with Gasteiger partial charge in [-0.15, -0.1) is 5.10 Å². The summed E-state index contributed by atoms with van der Waals surface area (Å²) in [6, 6.07) is 7.53. The highest BCUT2D eigenvalue weighted by molar-refractivity contribution is 5.96. The molecular formula is C18H22N4O3. The smallest absolute Gasteiger partial charge is 0.251 e. The molecule has 7 heteroatoms. The van der Waals surface area contributed by atoms with E-state index in [0.29, 0.717) is 31.7 Å². The molecule has 7 nitrogen and oxygen atoms in total. The van der Waals surface area contributed by atoms with Gasteiger partial charge in [0.15, 0.2) is 0 Å². The lowest BCUT2D eigenvalue weighted by molar-refractivity contribution is -0.145. The van der Waals surface area contributed by atoms with Crippen LogP contribution in [0.3, 0.4) is 0 Å². The van der Waals surface area contributed by atoms with E-state index in [1.807, 2.05) is 24.3 Å². The number of carbonyl (C=O) groups is 1. The third kappa shape index (κ3) is 2.94. The minimum atomic E-state index is -0.355. The predicted molar refractivity (Wildman–Crippen MR) is 89.9 cm³/mol. The first-order chi connectivity index (χ1) is 12.2. The topological polar surface area (TPSA) is 89.3 Å². The van der Waals surface area contributed by atoms with Crippen LogP contribution in [0.4, 0.5) is 0 Å². The van der Waals surface area contributed by atoms with Gasteiger partial charge in [-0.25, -0.2) is 4.68 Å². The molecule has 2 aliphatic rings. The maximum absolute atomic E-state index is 12.9. The molecule has 2 heterocycles. The number of hydrogen-bond donors (Lipinski definition) is 2. The molecule has 2 aromatic rings. The van der Waals surface area contributed by atoms with Crippen molar-refractivity contribution in [3.8, 4) is 0 Å². The Morgan fingerprint density at radius 2 is 2.16 bits per heavy atom. The molecule has 132 valence electrons. The quantitative estimate of drug-likeness (QED) is 0.865. The molecule has 4 rings (SSSR count). The zero-order chi connectivity index (χ0) is 17.3. The van der Waals surface area contributed by atoms with Gasteiger partial charge in [-0.2, -0.15) is 0 Å². The fraction of sp³-hybridized carbons (Fsp3) is 0.500. The molecule has 1 saturated carbocycles. The Bertz CT molecular complexity index is 741. The van der Waals surface area contributed by atoms with E-state index in [4.69, 9.17) is 4.74 Å². The zero-order valence-corrected chi connectivity index (χ0v) is 14.0.